The summed E-state index contributed by atoms with van der Waals surface area (Å²) >= 11 is 0. The molecule has 0 spiro atoms. The Labute approximate surface area is 101 Å². The monoisotopic (exact) mass is 238 g/mol. The third kappa shape index (κ3) is 2.66. The number of hydrogen-bond donors (Lipinski definition) is 1. The third-order valence-electron chi connectivity index (χ3n) is 2.77. The predicted octanol–water partition coefficient (Wildman–Crippen LogP) is 1.41. The molecule has 1 N–H and O–H groups in total. The molecule has 0 aromatic carbocycles. The standard InChI is InChI=1S/C12H18N2O3/c1-12(2,3)11(15)13-6-9-8-7-16-5-4-10(8)17-14-9/h4-7H2,1-3H3,(H,13,15). The van der Waals surface area contributed by atoms with Crippen molar-refractivity contribution in [2.45, 2.75) is 40.3 Å². The van der Waals surface area contributed by atoms with E-state index < -0.39 is 0 Å². The lowest BCUT2D eigenvalue weighted by Gasteiger charge is -2.17. The number of ether oxygens (including phenoxy) is 1. The minimum absolute atomic E-state index is 0.00554. The third-order valence-corrected chi connectivity index (χ3v) is 2.77. The van der Waals surface area contributed by atoms with Gasteiger partial charge in [0.15, 0.2) is 0 Å². The fourth-order valence-corrected chi connectivity index (χ4v) is 1.65. The van der Waals surface area contributed by atoms with Gasteiger partial charge in [0.1, 0.15) is 11.5 Å². The number of nitrogens with zero attached hydrogens (tertiary/aromatic N) is 1. The average molecular weight is 238 g/mol. The Bertz CT molecular complexity index is 418. The summed E-state index contributed by atoms with van der Waals surface area (Å²) in [7, 11) is 0. The highest BCUT2D eigenvalue weighted by Gasteiger charge is 2.23. The Morgan fingerprint density at radius 3 is 2.94 bits per heavy atom. The highest BCUT2D eigenvalue weighted by molar-refractivity contribution is 5.81. The maximum atomic E-state index is 11.7. The van der Waals surface area contributed by atoms with Crippen LogP contribution in [0.3, 0.4) is 0 Å². The molecule has 0 radical (unpaired) electrons. The van der Waals surface area contributed by atoms with Crippen LogP contribution in [0, 0.1) is 5.41 Å². The SMILES string of the molecule is CC(C)(C)C(=O)NCc1noc2c1COCC2. The molecule has 1 aliphatic rings. The van der Waals surface area contributed by atoms with Crippen molar-refractivity contribution in [3.05, 3.63) is 17.0 Å². The van der Waals surface area contributed by atoms with Crippen LogP contribution >= 0.6 is 0 Å². The smallest absolute Gasteiger partial charge is 0.225 e. The van der Waals surface area contributed by atoms with Crippen LogP contribution in [0.4, 0.5) is 0 Å². The van der Waals surface area contributed by atoms with E-state index >= 15 is 0 Å². The van der Waals surface area contributed by atoms with Crippen molar-refractivity contribution >= 4 is 5.91 Å². The van der Waals surface area contributed by atoms with E-state index in [-0.39, 0.29) is 11.3 Å². The molecule has 2 rings (SSSR count). The molecule has 1 aromatic heterocycles. The molecule has 0 aliphatic carbocycles. The number of rotatable bonds is 2. The van der Waals surface area contributed by atoms with Gasteiger partial charge in [-0.05, 0) is 0 Å². The molecule has 1 aromatic rings. The van der Waals surface area contributed by atoms with Crippen molar-refractivity contribution in [2.75, 3.05) is 6.61 Å². The van der Waals surface area contributed by atoms with Crippen LogP contribution in [0.15, 0.2) is 4.52 Å². The Hall–Kier alpha value is -1.36. The van der Waals surface area contributed by atoms with Gasteiger partial charge in [0.05, 0.1) is 19.8 Å². The first-order valence-corrected chi connectivity index (χ1v) is 5.81. The lowest BCUT2D eigenvalue weighted by molar-refractivity contribution is -0.128. The number of carbonyl (C=O) groups excluding carboxylic acids is 1. The number of amides is 1. The number of nitrogens with one attached hydrogen (secondary N) is 1. The van der Waals surface area contributed by atoms with Crippen molar-refractivity contribution in [1.29, 1.82) is 0 Å². The summed E-state index contributed by atoms with van der Waals surface area (Å²) in [5.41, 5.74) is 1.38. The maximum absolute atomic E-state index is 11.7. The van der Waals surface area contributed by atoms with Gasteiger partial charge >= 0.3 is 0 Å². The van der Waals surface area contributed by atoms with Gasteiger partial charge in [0, 0.05) is 17.4 Å². The predicted molar refractivity (Wildman–Crippen MR) is 61.2 cm³/mol. The molecule has 17 heavy (non-hydrogen) atoms. The van der Waals surface area contributed by atoms with Crippen LogP contribution in [-0.2, 0) is 29.1 Å². The Balaban J connectivity index is 2.00. The fraction of sp³-hybridized carbons (Fsp3) is 0.667. The summed E-state index contributed by atoms with van der Waals surface area (Å²) in [5.74, 6) is 0.891. The molecule has 1 aliphatic heterocycles. The van der Waals surface area contributed by atoms with Crippen molar-refractivity contribution in [1.82, 2.24) is 10.5 Å². The Morgan fingerprint density at radius 1 is 1.47 bits per heavy atom. The van der Waals surface area contributed by atoms with Gasteiger partial charge in [-0.1, -0.05) is 25.9 Å². The quantitative estimate of drug-likeness (QED) is 0.846. The van der Waals surface area contributed by atoms with Crippen molar-refractivity contribution in [3.8, 4) is 0 Å². The minimum Gasteiger partial charge on any atom is -0.376 e. The lowest BCUT2D eigenvalue weighted by Crippen LogP contribution is -2.34. The lowest BCUT2D eigenvalue weighted by atomic mass is 9.95. The molecule has 1 amide bonds. The molecule has 2 heterocycles. The van der Waals surface area contributed by atoms with E-state index in [1.165, 1.54) is 0 Å². The van der Waals surface area contributed by atoms with E-state index in [1.807, 2.05) is 20.8 Å². The summed E-state index contributed by atoms with van der Waals surface area (Å²) in [5, 5.41) is 6.84. The van der Waals surface area contributed by atoms with E-state index in [2.05, 4.69) is 10.5 Å². The van der Waals surface area contributed by atoms with Gasteiger partial charge in [0.2, 0.25) is 5.91 Å². The van der Waals surface area contributed by atoms with Crippen molar-refractivity contribution in [2.24, 2.45) is 5.41 Å². The van der Waals surface area contributed by atoms with E-state index in [0.717, 1.165) is 23.4 Å². The first-order chi connectivity index (χ1) is 7.98. The maximum Gasteiger partial charge on any atom is 0.225 e. The van der Waals surface area contributed by atoms with Gasteiger partial charge in [-0.25, -0.2) is 0 Å². The van der Waals surface area contributed by atoms with Crippen LogP contribution in [-0.4, -0.2) is 17.7 Å². The Kier molecular flexibility index (Phi) is 3.19. The summed E-state index contributed by atoms with van der Waals surface area (Å²) in [6, 6.07) is 0. The van der Waals surface area contributed by atoms with Gasteiger partial charge in [0.25, 0.3) is 0 Å². The summed E-state index contributed by atoms with van der Waals surface area (Å²) in [6.45, 7) is 7.24. The highest BCUT2D eigenvalue weighted by Crippen LogP contribution is 2.20. The molecule has 0 unspecified atom stereocenters. The molecular formula is C12H18N2O3. The second kappa shape index (κ2) is 4.49. The van der Waals surface area contributed by atoms with E-state index in [4.69, 9.17) is 9.26 Å². The number of fused-ring (bicyclic) bond motifs is 1. The molecule has 0 saturated heterocycles. The normalized spacial score (nSPS) is 15.5. The van der Waals surface area contributed by atoms with Gasteiger partial charge in [-0.2, -0.15) is 0 Å². The zero-order valence-corrected chi connectivity index (χ0v) is 10.5. The van der Waals surface area contributed by atoms with Crippen molar-refractivity contribution in [3.63, 3.8) is 0 Å². The molecule has 0 atom stereocenters. The zero-order valence-electron chi connectivity index (χ0n) is 10.5. The summed E-state index contributed by atoms with van der Waals surface area (Å²) in [4.78, 5) is 11.7. The number of aromatic nitrogens is 1. The van der Waals surface area contributed by atoms with Crippen LogP contribution in [0.25, 0.3) is 0 Å². The second-order valence-electron chi connectivity index (χ2n) is 5.27. The molecule has 5 heteroatoms. The fourth-order valence-electron chi connectivity index (χ4n) is 1.65. The summed E-state index contributed by atoms with van der Waals surface area (Å²) < 4.78 is 10.6. The van der Waals surface area contributed by atoms with Crippen LogP contribution in [0.1, 0.15) is 37.8 Å². The average Bonchev–Trinajstić information content (AvgIpc) is 2.68. The number of carbonyl (C=O) groups is 1. The first kappa shape index (κ1) is 12.1. The molecule has 0 saturated carbocycles. The zero-order chi connectivity index (χ0) is 12.5. The topological polar surface area (TPSA) is 64.4 Å². The minimum atomic E-state index is -0.389. The largest absolute Gasteiger partial charge is 0.376 e. The van der Waals surface area contributed by atoms with Crippen LogP contribution < -0.4 is 5.32 Å². The van der Waals surface area contributed by atoms with Gasteiger partial charge in [-0.3, -0.25) is 4.79 Å². The number of hydrogen-bond acceptors (Lipinski definition) is 4. The van der Waals surface area contributed by atoms with Crippen molar-refractivity contribution < 1.29 is 14.1 Å². The van der Waals surface area contributed by atoms with E-state index in [1.54, 1.807) is 0 Å². The van der Waals surface area contributed by atoms with Crippen LogP contribution in [0.2, 0.25) is 0 Å². The van der Waals surface area contributed by atoms with E-state index in [0.29, 0.717) is 19.8 Å². The molecule has 0 bridgehead atoms. The molecule has 94 valence electrons. The van der Waals surface area contributed by atoms with E-state index in [9.17, 15) is 4.79 Å². The molecule has 5 nitrogen and oxygen atoms in total. The van der Waals surface area contributed by atoms with Gasteiger partial charge < -0.3 is 14.6 Å². The first-order valence-electron chi connectivity index (χ1n) is 5.81. The highest BCUT2D eigenvalue weighted by atomic mass is 16.5. The molecular weight excluding hydrogens is 220 g/mol. The Morgan fingerprint density at radius 2 is 2.24 bits per heavy atom. The molecule has 0 fully saturated rings. The summed E-state index contributed by atoms with van der Waals surface area (Å²) in [6.07, 6.45) is 0.759. The van der Waals surface area contributed by atoms with Crippen LogP contribution in [0.5, 0.6) is 0 Å². The van der Waals surface area contributed by atoms with Gasteiger partial charge in [-0.15, -0.1) is 0 Å². The second-order valence-corrected chi connectivity index (χ2v) is 5.27.